The first-order valence-corrected chi connectivity index (χ1v) is 34.2. The zero-order chi connectivity index (χ0) is 79.4. The Labute approximate surface area is 638 Å². The first-order chi connectivity index (χ1) is 54.8. The van der Waals surface area contributed by atoms with Gasteiger partial charge < -0.3 is 55.7 Å². The van der Waals surface area contributed by atoms with Crippen molar-refractivity contribution in [3.8, 4) is 63.4 Å². The first kappa shape index (κ1) is 77.2. The molecule has 9 aromatic carbocycles. The van der Waals surface area contributed by atoms with E-state index < -0.39 is 35.7 Å². The fourth-order valence-corrected chi connectivity index (χ4v) is 10.9. The molecule has 6 amide bonds. The number of hydrazine groups is 3. The molecule has 0 unspecified atom stereocenters. The van der Waals surface area contributed by atoms with Crippen molar-refractivity contribution in [2.24, 2.45) is 0 Å². The highest BCUT2D eigenvalue weighted by atomic mass is 19.4. The maximum Gasteiger partial charge on any atom is 0.472 e. The minimum Gasteiger partial charge on any atom is -0.496 e. The second kappa shape index (κ2) is 36.0. The summed E-state index contributed by atoms with van der Waals surface area (Å²) in [5, 5.41) is 20.0. The van der Waals surface area contributed by atoms with Crippen LogP contribution in [-0.2, 0) is 22.8 Å². The smallest absolute Gasteiger partial charge is 0.472 e. The van der Waals surface area contributed by atoms with E-state index in [0.717, 1.165) is 60.7 Å². The van der Waals surface area contributed by atoms with Crippen molar-refractivity contribution in [2.45, 2.75) is 33.2 Å². The minimum atomic E-state index is -5.09. The van der Waals surface area contributed by atoms with E-state index in [2.05, 4.69) is 52.1 Å². The van der Waals surface area contributed by atoms with Crippen molar-refractivity contribution in [3.05, 3.63) is 282 Å². The van der Waals surface area contributed by atoms with E-state index in [1.807, 2.05) is 158 Å². The average molecular weight is 1530 g/mol. The Bertz CT molecular complexity index is 5980. The second-order valence-electron chi connectivity index (χ2n) is 24.0. The molecule has 0 aliphatic rings. The minimum absolute atomic E-state index is 0.0814. The lowest BCUT2D eigenvalue weighted by Crippen LogP contribution is -2.47. The Hall–Kier alpha value is -15.4. The molecule has 28 nitrogen and oxygen atoms in total. The van der Waals surface area contributed by atoms with Crippen molar-refractivity contribution >= 4 is 90.2 Å². The van der Waals surface area contributed by atoms with Gasteiger partial charge in [-0.2, -0.15) is 13.2 Å². The van der Waals surface area contributed by atoms with Crippen LogP contribution in [0.3, 0.4) is 0 Å². The summed E-state index contributed by atoms with van der Waals surface area (Å²) in [6.07, 6.45) is -5.09. The number of ether oxygens (including phenoxy) is 5. The third-order valence-corrected chi connectivity index (χ3v) is 16.2. The van der Waals surface area contributed by atoms with Gasteiger partial charge in [0.2, 0.25) is 17.7 Å². The molecule has 0 aliphatic heterocycles. The number of halogens is 3. The predicted octanol–water partition coefficient (Wildman–Crippen LogP) is 15.1. The highest BCUT2D eigenvalue weighted by Crippen LogP contribution is 2.36. The van der Waals surface area contributed by atoms with E-state index in [4.69, 9.17) is 45.8 Å². The van der Waals surface area contributed by atoms with Gasteiger partial charge in [-0.1, -0.05) is 140 Å². The highest BCUT2D eigenvalue weighted by molar-refractivity contribution is 6.02. The number of hydrogen-bond acceptors (Lipinski definition) is 20. The number of aromatic nitrogens is 6. The van der Waals surface area contributed by atoms with Gasteiger partial charge in [-0.05, 0) is 108 Å². The van der Waals surface area contributed by atoms with E-state index in [0.29, 0.717) is 98.9 Å². The molecule has 0 radical (unpaired) electrons. The zero-order valence-electron chi connectivity index (χ0n) is 60.5. The van der Waals surface area contributed by atoms with Crippen LogP contribution >= 0.6 is 0 Å². The molecule has 16 aromatic rings. The summed E-state index contributed by atoms with van der Waals surface area (Å²) in [4.78, 5) is 75.3. The van der Waals surface area contributed by atoms with Crippen molar-refractivity contribution in [3.63, 3.8) is 0 Å². The molecule has 0 atom stereocenters. The van der Waals surface area contributed by atoms with Gasteiger partial charge in [0.15, 0.2) is 39.9 Å². The molecule has 31 heteroatoms. The Morgan fingerprint density at radius 3 is 1.50 bits per heavy atom. The van der Waals surface area contributed by atoms with Crippen LogP contribution in [0.2, 0.25) is 0 Å². The number of alkyl halides is 3. The molecule has 7 aromatic heterocycles. The van der Waals surface area contributed by atoms with Gasteiger partial charge in [-0.15, -0.1) is 20.4 Å². The van der Waals surface area contributed by atoms with Crippen molar-refractivity contribution < 1.29 is 87.7 Å². The van der Waals surface area contributed by atoms with Gasteiger partial charge in [0.05, 0.1) is 26.7 Å². The first-order valence-electron chi connectivity index (χ1n) is 34.2. The van der Waals surface area contributed by atoms with Crippen molar-refractivity contribution in [1.82, 2.24) is 62.9 Å². The number of fused-ring (bicyclic) bond motifs is 5. The van der Waals surface area contributed by atoms with Crippen LogP contribution in [0.4, 0.5) is 13.2 Å². The summed E-state index contributed by atoms with van der Waals surface area (Å²) >= 11 is 0. The van der Waals surface area contributed by atoms with E-state index in [-0.39, 0.29) is 17.4 Å². The number of amides is 6. The Balaban J connectivity index is 0.000000131. The lowest BCUT2D eigenvalue weighted by Gasteiger charge is -2.07. The van der Waals surface area contributed by atoms with Crippen LogP contribution in [0.15, 0.2) is 265 Å². The summed E-state index contributed by atoms with van der Waals surface area (Å²) < 4.78 is 90.9. The van der Waals surface area contributed by atoms with Gasteiger partial charge in [-0.3, -0.25) is 61.3 Å². The summed E-state index contributed by atoms with van der Waals surface area (Å²) in [6, 6.07) is 73.9. The molecule has 0 bridgehead atoms. The van der Waals surface area contributed by atoms with Crippen molar-refractivity contribution in [1.29, 1.82) is 0 Å². The number of hydrogen-bond donors (Lipinski definition) is 8. The number of para-hydroxylation sites is 2. The van der Waals surface area contributed by atoms with Crippen LogP contribution in [0, 0.1) is 6.92 Å². The second-order valence-corrected chi connectivity index (χ2v) is 24.0. The molecule has 572 valence electrons. The largest absolute Gasteiger partial charge is 0.496 e. The summed E-state index contributed by atoms with van der Waals surface area (Å²) in [7, 11) is 4.55. The molecule has 0 saturated carbocycles. The Morgan fingerprint density at radius 1 is 0.416 bits per heavy atom. The number of aromatic amines is 2. The maximum absolute atomic E-state index is 12.1. The third-order valence-electron chi connectivity index (χ3n) is 16.2. The van der Waals surface area contributed by atoms with Crippen LogP contribution < -0.4 is 56.2 Å². The molecule has 113 heavy (non-hydrogen) atoms. The lowest BCUT2D eigenvalue weighted by molar-refractivity contribution is -0.174. The summed E-state index contributed by atoms with van der Waals surface area (Å²) in [5.74, 6) is 0.292. The predicted molar refractivity (Wildman–Crippen MR) is 408 cm³/mol. The van der Waals surface area contributed by atoms with Crippen LogP contribution in [-0.4, -0.2) is 93.3 Å². The number of carbonyl (C=O) groups is 6. The van der Waals surface area contributed by atoms with Gasteiger partial charge in [0.1, 0.15) is 47.4 Å². The third kappa shape index (κ3) is 19.7. The van der Waals surface area contributed by atoms with Crippen LogP contribution in [0.1, 0.15) is 65.9 Å². The Morgan fingerprint density at radius 2 is 0.912 bits per heavy atom. The van der Waals surface area contributed by atoms with Crippen LogP contribution in [0.25, 0.3) is 89.4 Å². The maximum atomic E-state index is 12.1. The fraction of sp³-hybridized carbons (Fsp3) is 0.0976. The standard InChI is InChI=1S/C18H17N3O3.C18H15N3O2.C17H14N2O4.C17H12N2O3.C12H9F3N2O4/c1-12(22)20-21-18(23)16-10-14-15(19-16)8-5-9-17(14)24-11-13-6-3-2-4-7-13;1-12-20-21-18(23-12)16-10-14-15(19-16)8-5-9-17(14)22-11-13-6-3-2-4-7-13;1-22-13-9-5-8-12-10-14(23-15(12)13)17(21)19-18-16(20)11-6-3-2-4-7-11;1-20-13-9-5-8-12-10-14(21-15(12)13)17-19-18-16(22-17)11-6-3-2-4-7-11;1-20-7-3-2-4-8-6(7)5-9(21-8)10(18)16-17-11(19)12(13,14)15/h2-10,19H,11H2,1H3,(H,20,22)(H,21,23);2-10,19H,11H2,1H3;2-10H,1H3,(H,18,20)(H,19,21);2-10H,1H3;2-5H,1H3,(H,16,18)(H,17,19). The van der Waals surface area contributed by atoms with E-state index in [1.165, 1.54) is 32.6 Å². The number of rotatable bonds is 16. The normalized spacial score (nSPS) is 10.8. The SMILES string of the molecule is CC(=O)NNC(=O)c1cc2c(OCc3ccccc3)cccc2[nH]1.COc1cccc2cc(-c3nnc(-c4ccccc4)o3)oc12.COc1cccc2cc(C(=O)NNC(=O)c3ccccc3)oc12.COc1cccc2oc(C(=O)NNC(=O)C(F)(F)F)cc12.Cc1nnc(-c2cc3c(OCc4ccccc4)cccc3[nH]2)o1. The van der Waals surface area contributed by atoms with E-state index in [1.54, 1.807) is 98.3 Å². The number of methoxy groups -OCH3 is 3. The number of H-pyrrole nitrogens is 2. The molecule has 0 aliphatic carbocycles. The molecular weight excluding hydrogens is 1470 g/mol. The molecular formula is C82H67F3N12O16. The lowest BCUT2D eigenvalue weighted by atomic mass is 10.2. The number of nitrogens with zero attached hydrogens (tertiary/aromatic N) is 4. The van der Waals surface area contributed by atoms with E-state index >= 15 is 0 Å². The van der Waals surface area contributed by atoms with Gasteiger partial charge in [0, 0.05) is 63.6 Å². The fourth-order valence-electron chi connectivity index (χ4n) is 10.9. The monoisotopic (exact) mass is 1530 g/mol. The van der Waals surface area contributed by atoms with Gasteiger partial charge in [-0.25, -0.2) is 0 Å². The van der Waals surface area contributed by atoms with Crippen LogP contribution in [0.5, 0.6) is 28.7 Å². The Kier molecular flexibility index (Phi) is 24.6. The molecule has 0 fully saturated rings. The average Bonchev–Trinajstić information content (AvgIpc) is 1.68. The summed E-state index contributed by atoms with van der Waals surface area (Å²) in [6.45, 7) is 4.06. The van der Waals surface area contributed by atoms with Gasteiger partial charge in [0.25, 0.3) is 23.6 Å². The topological polar surface area (TPSA) is 370 Å². The number of nitrogens with one attached hydrogen (secondary N) is 8. The zero-order valence-corrected chi connectivity index (χ0v) is 60.5. The number of carbonyl (C=O) groups excluding carboxylic acids is 6. The number of aryl methyl sites for hydroxylation is 1. The highest BCUT2D eigenvalue weighted by Gasteiger charge is 2.39. The molecule has 7 heterocycles. The number of furan rings is 3. The van der Waals surface area contributed by atoms with Crippen molar-refractivity contribution in [2.75, 3.05) is 21.3 Å². The molecule has 8 N–H and O–H groups in total. The molecule has 16 rings (SSSR count). The number of benzene rings is 9. The molecule has 0 spiro atoms. The van der Waals surface area contributed by atoms with E-state index in [9.17, 15) is 41.9 Å². The molecule has 0 saturated heterocycles. The quantitative estimate of drug-likeness (QED) is 0.0417. The van der Waals surface area contributed by atoms with Gasteiger partial charge >= 0.3 is 23.9 Å². The summed E-state index contributed by atoms with van der Waals surface area (Å²) in [5.41, 5.74) is 20.0.